The molecular weight excluding hydrogens is 459 g/mol. The van der Waals surface area contributed by atoms with Gasteiger partial charge in [-0.25, -0.2) is 12.8 Å². The largest absolute Gasteiger partial charge is 0.455 e. The summed E-state index contributed by atoms with van der Waals surface area (Å²) in [6.45, 7) is 10.9. The molecular formula is C24H33FN4O4S. The van der Waals surface area contributed by atoms with Crippen LogP contribution in [-0.2, 0) is 10.0 Å². The van der Waals surface area contributed by atoms with E-state index in [1.54, 1.807) is 19.9 Å². The summed E-state index contributed by atoms with van der Waals surface area (Å²) in [5.41, 5.74) is 1.56. The minimum Gasteiger partial charge on any atom is -0.455 e. The average molecular weight is 493 g/mol. The molecule has 2 fully saturated rings. The number of hydrogen-bond donors (Lipinski definition) is 1. The highest BCUT2D eigenvalue weighted by Crippen LogP contribution is 2.30. The number of hydrogen-bond acceptors (Lipinski definition) is 6. The molecule has 0 saturated carbocycles. The van der Waals surface area contributed by atoms with Gasteiger partial charge in [-0.15, -0.1) is 0 Å². The predicted molar refractivity (Wildman–Crippen MR) is 128 cm³/mol. The Morgan fingerprint density at radius 3 is 2.44 bits per heavy atom. The molecule has 2 aliphatic rings. The Morgan fingerprint density at radius 2 is 1.79 bits per heavy atom. The molecule has 1 aromatic heterocycles. The van der Waals surface area contributed by atoms with Crippen LogP contribution in [0.2, 0.25) is 0 Å². The van der Waals surface area contributed by atoms with Crippen molar-refractivity contribution in [3.05, 3.63) is 47.2 Å². The van der Waals surface area contributed by atoms with Crippen molar-refractivity contribution >= 4 is 21.6 Å². The van der Waals surface area contributed by atoms with Crippen LogP contribution in [0.4, 0.5) is 10.1 Å². The van der Waals surface area contributed by atoms with Crippen molar-refractivity contribution in [2.75, 3.05) is 50.7 Å². The molecule has 2 saturated heterocycles. The van der Waals surface area contributed by atoms with E-state index in [-0.39, 0.29) is 22.2 Å². The second-order valence-electron chi connectivity index (χ2n) is 8.96. The summed E-state index contributed by atoms with van der Waals surface area (Å²) in [5, 5.41) is 2.86. The van der Waals surface area contributed by atoms with Crippen LogP contribution in [0.15, 0.2) is 33.6 Å². The van der Waals surface area contributed by atoms with Gasteiger partial charge in [-0.05, 0) is 51.4 Å². The lowest BCUT2D eigenvalue weighted by atomic mass is 10.0. The Morgan fingerprint density at radius 1 is 1.12 bits per heavy atom. The minimum absolute atomic E-state index is 0.0208. The molecule has 0 bridgehead atoms. The van der Waals surface area contributed by atoms with Gasteiger partial charge < -0.3 is 19.5 Å². The van der Waals surface area contributed by atoms with E-state index < -0.39 is 22.0 Å². The van der Waals surface area contributed by atoms with E-state index in [2.05, 4.69) is 22.0 Å². The van der Waals surface area contributed by atoms with Gasteiger partial charge in [-0.1, -0.05) is 6.92 Å². The van der Waals surface area contributed by atoms with Crippen LogP contribution >= 0.6 is 0 Å². The molecule has 1 atom stereocenters. The van der Waals surface area contributed by atoms with E-state index in [1.165, 1.54) is 22.5 Å². The van der Waals surface area contributed by atoms with Crippen LogP contribution in [0.3, 0.4) is 0 Å². The first-order chi connectivity index (χ1) is 16.2. The van der Waals surface area contributed by atoms with Gasteiger partial charge in [-0.3, -0.25) is 4.79 Å². The molecule has 2 aliphatic heterocycles. The molecule has 1 aromatic carbocycles. The van der Waals surface area contributed by atoms with Gasteiger partial charge >= 0.3 is 0 Å². The molecule has 8 nitrogen and oxygen atoms in total. The summed E-state index contributed by atoms with van der Waals surface area (Å²) in [6.07, 6.45) is 1.65. The van der Waals surface area contributed by atoms with Crippen LogP contribution in [0.25, 0.3) is 0 Å². The third-order valence-corrected chi connectivity index (χ3v) is 8.75. The van der Waals surface area contributed by atoms with E-state index in [4.69, 9.17) is 4.42 Å². The van der Waals surface area contributed by atoms with Crippen molar-refractivity contribution in [3.63, 3.8) is 0 Å². The second kappa shape index (κ2) is 10.1. The molecule has 4 rings (SSSR count). The first kappa shape index (κ1) is 24.7. The van der Waals surface area contributed by atoms with Gasteiger partial charge in [0, 0.05) is 56.6 Å². The molecule has 186 valence electrons. The van der Waals surface area contributed by atoms with Crippen LogP contribution in [0.5, 0.6) is 0 Å². The maximum absolute atomic E-state index is 14.2. The zero-order chi connectivity index (χ0) is 24.5. The van der Waals surface area contributed by atoms with Crippen molar-refractivity contribution in [2.45, 2.75) is 44.6 Å². The third-order valence-electron chi connectivity index (χ3n) is 6.74. The fourth-order valence-corrected chi connectivity index (χ4v) is 6.39. The number of anilines is 1. The average Bonchev–Trinajstić information content (AvgIpc) is 3.50. The van der Waals surface area contributed by atoms with Gasteiger partial charge in [0.2, 0.25) is 10.0 Å². The minimum atomic E-state index is -3.70. The van der Waals surface area contributed by atoms with Crippen molar-refractivity contribution in [1.29, 1.82) is 0 Å². The zero-order valence-corrected chi connectivity index (χ0v) is 20.8. The normalized spacial score (nSPS) is 18.9. The molecule has 0 spiro atoms. The summed E-state index contributed by atoms with van der Waals surface area (Å²) >= 11 is 0. The number of likely N-dealkylation sites (N-methyl/N-ethyl adjacent to an activating group) is 1. The molecule has 0 radical (unpaired) electrons. The van der Waals surface area contributed by atoms with Gasteiger partial charge in [0.05, 0.1) is 6.04 Å². The number of carbonyl (C=O) groups is 1. The number of amides is 1. The number of furan rings is 1. The lowest BCUT2D eigenvalue weighted by molar-refractivity contribution is 0.0910. The molecule has 1 unspecified atom stereocenters. The number of carbonyl (C=O) groups excluding carboxylic acids is 1. The highest BCUT2D eigenvalue weighted by Gasteiger charge is 2.32. The molecule has 2 aromatic rings. The van der Waals surface area contributed by atoms with E-state index in [0.29, 0.717) is 18.7 Å². The van der Waals surface area contributed by atoms with E-state index in [0.717, 1.165) is 51.3 Å². The van der Waals surface area contributed by atoms with Crippen molar-refractivity contribution in [2.24, 2.45) is 0 Å². The lowest BCUT2D eigenvalue weighted by Crippen LogP contribution is -2.46. The highest BCUT2D eigenvalue weighted by atomic mass is 32.2. The predicted octanol–water partition coefficient (Wildman–Crippen LogP) is 3.14. The number of rotatable bonds is 7. The van der Waals surface area contributed by atoms with Gasteiger partial charge in [-0.2, -0.15) is 4.31 Å². The Kier molecular flexibility index (Phi) is 7.30. The highest BCUT2D eigenvalue weighted by molar-refractivity contribution is 7.89. The number of piperazine rings is 1. The molecule has 10 heteroatoms. The zero-order valence-electron chi connectivity index (χ0n) is 20.0. The monoisotopic (exact) mass is 492 g/mol. The Hall–Kier alpha value is -2.43. The Labute approximate surface area is 200 Å². The van der Waals surface area contributed by atoms with Gasteiger partial charge in [0.15, 0.2) is 5.76 Å². The molecule has 34 heavy (non-hydrogen) atoms. The van der Waals surface area contributed by atoms with Crippen LogP contribution < -0.4 is 10.2 Å². The maximum atomic E-state index is 14.2. The van der Waals surface area contributed by atoms with E-state index >= 15 is 0 Å². The second-order valence-corrected chi connectivity index (χ2v) is 10.9. The standard InChI is InChI=1S/C24H33FN4O4S/c1-4-27-11-13-28(14-12-27)21-8-7-19(25)15-20(21)17(2)26-24(30)22-16-23(18(3)33-22)34(31,32)29-9-5-6-10-29/h7-8,15-17H,4-6,9-14H2,1-3H3,(H,26,30). The SMILES string of the molecule is CCN1CCN(c2ccc(F)cc2C(C)NC(=O)c2cc(S(=O)(=O)N3CCCC3)c(C)o2)CC1. The molecule has 3 heterocycles. The Balaban J connectivity index is 1.52. The number of nitrogens with zero attached hydrogens (tertiary/aromatic N) is 3. The summed E-state index contributed by atoms with van der Waals surface area (Å²) in [7, 11) is -3.70. The summed E-state index contributed by atoms with van der Waals surface area (Å²) < 4.78 is 47.0. The quantitative estimate of drug-likeness (QED) is 0.639. The Bertz CT molecular complexity index is 1140. The van der Waals surface area contributed by atoms with Gasteiger partial charge in [0.25, 0.3) is 5.91 Å². The summed E-state index contributed by atoms with van der Waals surface area (Å²) in [5.74, 6) is -0.800. The first-order valence-corrected chi connectivity index (χ1v) is 13.3. The fraction of sp³-hybridized carbons (Fsp3) is 0.542. The van der Waals surface area contributed by atoms with Crippen molar-refractivity contribution < 1.29 is 22.0 Å². The summed E-state index contributed by atoms with van der Waals surface area (Å²) in [6, 6.07) is 5.42. The lowest BCUT2D eigenvalue weighted by Gasteiger charge is -2.37. The molecule has 1 N–H and O–H groups in total. The van der Waals surface area contributed by atoms with E-state index in [1.807, 2.05) is 0 Å². The van der Waals surface area contributed by atoms with E-state index in [9.17, 15) is 17.6 Å². The number of sulfonamides is 1. The van der Waals surface area contributed by atoms with Crippen LogP contribution in [0, 0.1) is 12.7 Å². The number of aryl methyl sites for hydroxylation is 1. The van der Waals surface area contributed by atoms with Crippen molar-refractivity contribution in [3.8, 4) is 0 Å². The van der Waals surface area contributed by atoms with Crippen LogP contribution in [-0.4, -0.2) is 69.3 Å². The number of halogens is 1. The van der Waals surface area contributed by atoms with Gasteiger partial charge in [0.1, 0.15) is 16.5 Å². The third kappa shape index (κ3) is 4.99. The van der Waals surface area contributed by atoms with Crippen molar-refractivity contribution in [1.82, 2.24) is 14.5 Å². The maximum Gasteiger partial charge on any atom is 0.287 e. The summed E-state index contributed by atoms with van der Waals surface area (Å²) in [4.78, 5) is 17.6. The topological polar surface area (TPSA) is 86.1 Å². The van der Waals surface area contributed by atoms with Crippen LogP contribution in [0.1, 0.15) is 54.6 Å². The number of nitrogens with one attached hydrogen (secondary N) is 1. The molecule has 1 amide bonds. The number of benzene rings is 1. The fourth-order valence-electron chi connectivity index (χ4n) is 4.71. The smallest absolute Gasteiger partial charge is 0.287 e. The first-order valence-electron chi connectivity index (χ1n) is 11.9. The molecule has 0 aliphatic carbocycles.